The molecule has 1 saturated heterocycles. The van der Waals surface area contributed by atoms with Crippen LogP contribution in [0.1, 0.15) is 49.4 Å². The highest BCUT2D eigenvalue weighted by molar-refractivity contribution is 5.79. The molecule has 0 saturated carbocycles. The minimum absolute atomic E-state index is 0.0605. The van der Waals surface area contributed by atoms with Gasteiger partial charge in [-0.2, -0.15) is 0 Å². The molecule has 1 heterocycles. The van der Waals surface area contributed by atoms with Gasteiger partial charge >= 0.3 is 0 Å². The highest BCUT2D eigenvalue weighted by Gasteiger charge is 2.28. The highest BCUT2D eigenvalue weighted by atomic mass is 16.5. The summed E-state index contributed by atoms with van der Waals surface area (Å²) in [6.45, 7) is 4.28. The van der Waals surface area contributed by atoms with Crippen LogP contribution in [-0.4, -0.2) is 38.6 Å². The van der Waals surface area contributed by atoms with Crippen molar-refractivity contribution in [1.29, 1.82) is 0 Å². The van der Waals surface area contributed by atoms with Crippen molar-refractivity contribution in [3.63, 3.8) is 0 Å². The van der Waals surface area contributed by atoms with E-state index in [4.69, 9.17) is 4.74 Å². The van der Waals surface area contributed by atoms with Gasteiger partial charge in [-0.1, -0.05) is 30.3 Å². The number of ether oxygens (including phenoxy) is 1. The fourth-order valence-corrected chi connectivity index (χ4v) is 4.17. The van der Waals surface area contributed by atoms with Gasteiger partial charge in [-0.25, -0.2) is 0 Å². The van der Waals surface area contributed by atoms with Crippen LogP contribution >= 0.6 is 0 Å². The van der Waals surface area contributed by atoms with Crippen molar-refractivity contribution in [1.82, 2.24) is 10.6 Å². The van der Waals surface area contributed by atoms with Crippen molar-refractivity contribution in [2.75, 3.05) is 26.7 Å². The van der Waals surface area contributed by atoms with E-state index in [1.165, 1.54) is 30.2 Å². The molecule has 1 fully saturated rings. The van der Waals surface area contributed by atoms with E-state index >= 15 is 0 Å². The van der Waals surface area contributed by atoms with Crippen molar-refractivity contribution >= 4 is 11.8 Å². The molecule has 0 aliphatic carbocycles. The maximum atomic E-state index is 12.8. The first kappa shape index (κ1) is 21.8. The van der Waals surface area contributed by atoms with E-state index in [9.17, 15) is 9.59 Å². The highest BCUT2D eigenvalue weighted by Crippen LogP contribution is 2.18. The zero-order chi connectivity index (χ0) is 21.3. The molecule has 2 aromatic carbocycles. The summed E-state index contributed by atoms with van der Waals surface area (Å²) in [5.74, 6) is 0.628. The smallest absolute Gasteiger partial charge is 0.222 e. The zero-order valence-corrected chi connectivity index (χ0v) is 17.8. The Labute approximate surface area is 178 Å². The van der Waals surface area contributed by atoms with Gasteiger partial charge in [-0.05, 0) is 29.8 Å². The van der Waals surface area contributed by atoms with Gasteiger partial charge in [0.05, 0.1) is 39.2 Å². The SMILES string of the molecule is COc1ccc([C@@H](CNC(=O)C[C@@H](NC(C)=O)c2ccccc2)[NH+]2CCCC2)cc1. The molecular formula is C24H32N3O3+. The van der Waals surface area contributed by atoms with Crippen molar-refractivity contribution in [2.24, 2.45) is 0 Å². The zero-order valence-electron chi connectivity index (χ0n) is 17.8. The quantitative estimate of drug-likeness (QED) is 0.590. The normalized spacial score (nSPS) is 15.9. The van der Waals surface area contributed by atoms with Crippen molar-refractivity contribution < 1.29 is 19.2 Å². The number of nitrogens with one attached hydrogen (secondary N) is 3. The van der Waals surface area contributed by atoms with E-state index in [-0.39, 0.29) is 30.3 Å². The number of carbonyl (C=O) groups is 2. The summed E-state index contributed by atoms with van der Waals surface area (Å²) in [5, 5.41) is 6.01. The van der Waals surface area contributed by atoms with Crippen LogP contribution in [0.25, 0.3) is 0 Å². The van der Waals surface area contributed by atoms with Gasteiger partial charge in [0.15, 0.2) is 0 Å². The molecule has 2 atom stereocenters. The lowest BCUT2D eigenvalue weighted by atomic mass is 10.0. The van der Waals surface area contributed by atoms with E-state index < -0.39 is 0 Å². The summed E-state index contributed by atoms with van der Waals surface area (Å²) in [6.07, 6.45) is 2.65. The Bertz CT molecular complexity index is 817. The van der Waals surface area contributed by atoms with Crippen molar-refractivity contribution in [3.05, 3.63) is 65.7 Å². The number of amides is 2. The lowest BCUT2D eigenvalue weighted by Crippen LogP contribution is -3.11. The molecule has 6 heteroatoms. The molecule has 3 N–H and O–H groups in total. The van der Waals surface area contributed by atoms with Crippen LogP contribution in [0, 0.1) is 0 Å². The molecule has 6 nitrogen and oxygen atoms in total. The largest absolute Gasteiger partial charge is 0.497 e. The summed E-state index contributed by atoms with van der Waals surface area (Å²) >= 11 is 0. The molecule has 0 spiro atoms. The number of likely N-dealkylation sites (tertiary alicyclic amines) is 1. The van der Waals surface area contributed by atoms with Gasteiger partial charge in [-0.3, -0.25) is 9.59 Å². The average molecular weight is 411 g/mol. The molecule has 0 unspecified atom stereocenters. The van der Waals surface area contributed by atoms with E-state index in [2.05, 4.69) is 22.8 Å². The third-order valence-corrected chi connectivity index (χ3v) is 5.73. The number of methoxy groups -OCH3 is 1. The molecule has 1 aliphatic rings. The van der Waals surface area contributed by atoms with Crippen LogP contribution in [0.3, 0.4) is 0 Å². The summed E-state index contributed by atoms with van der Waals surface area (Å²) < 4.78 is 5.28. The third kappa shape index (κ3) is 6.07. The first-order valence-corrected chi connectivity index (χ1v) is 10.6. The Hall–Kier alpha value is -2.86. The second kappa shape index (κ2) is 10.8. The minimum Gasteiger partial charge on any atom is -0.497 e. The molecular weight excluding hydrogens is 378 g/mol. The van der Waals surface area contributed by atoms with Crippen LogP contribution in [-0.2, 0) is 9.59 Å². The monoisotopic (exact) mass is 410 g/mol. The second-order valence-electron chi connectivity index (χ2n) is 7.86. The van der Waals surface area contributed by atoms with Gasteiger partial charge in [0.2, 0.25) is 11.8 Å². The van der Waals surface area contributed by atoms with Gasteiger partial charge in [0, 0.05) is 25.3 Å². The Morgan fingerprint density at radius 2 is 1.67 bits per heavy atom. The maximum Gasteiger partial charge on any atom is 0.222 e. The topological polar surface area (TPSA) is 71.9 Å². The van der Waals surface area contributed by atoms with E-state index in [1.807, 2.05) is 42.5 Å². The Balaban J connectivity index is 1.66. The van der Waals surface area contributed by atoms with Gasteiger partial charge in [0.25, 0.3) is 0 Å². The number of rotatable bonds is 9. The third-order valence-electron chi connectivity index (χ3n) is 5.73. The standard InChI is InChI=1S/C24H31N3O3/c1-18(28)26-22(19-8-4-3-5-9-19)16-24(29)25-17-23(27-14-6-7-15-27)20-10-12-21(30-2)13-11-20/h3-5,8-13,22-23H,6-7,14-17H2,1-2H3,(H,25,29)(H,26,28)/p+1/t22-,23-/m1/s1. The van der Waals surface area contributed by atoms with E-state index in [0.29, 0.717) is 6.54 Å². The molecule has 3 rings (SSSR count). The van der Waals surface area contributed by atoms with Crippen LogP contribution in [0.5, 0.6) is 5.75 Å². The molecule has 1 aliphatic heterocycles. The molecule has 2 aromatic rings. The lowest BCUT2D eigenvalue weighted by Gasteiger charge is -2.26. The Morgan fingerprint density at radius 1 is 1.00 bits per heavy atom. The molecule has 30 heavy (non-hydrogen) atoms. The van der Waals surface area contributed by atoms with Crippen molar-refractivity contribution in [3.8, 4) is 5.75 Å². The minimum atomic E-state index is -0.331. The maximum absolute atomic E-state index is 12.8. The van der Waals surface area contributed by atoms with Crippen LogP contribution in [0.4, 0.5) is 0 Å². The Kier molecular flexibility index (Phi) is 7.85. The molecule has 160 valence electrons. The molecule has 0 aromatic heterocycles. The fourth-order valence-electron chi connectivity index (χ4n) is 4.17. The van der Waals surface area contributed by atoms with Gasteiger partial charge in [-0.15, -0.1) is 0 Å². The first-order chi connectivity index (χ1) is 14.6. The Morgan fingerprint density at radius 3 is 2.27 bits per heavy atom. The molecule has 0 radical (unpaired) electrons. The molecule has 2 amide bonds. The summed E-state index contributed by atoms with van der Waals surface area (Å²) in [5.41, 5.74) is 2.13. The van der Waals surface area contributed by atoms with Crippen molar-refractivity contribution in [2.45, 2.75) is 38.3 Å². The van der Waals surface area contributed by atoms with E-state index in [1.54, 1.807) is 7.11 Å². The summed E-state index contributed by atoms with van der Waals surface area (Å²) in [6, 6.07) is 17.6. The van der Waals surface area contributed by atoms with Crippen LogP contribution in [0.2, 0.25) is 0 Å². The van der Waals surface area contributed by atoms with Gasteiger partial charge < -0.3 is 20.3 Å². The number of carbonyl (C=O) groups excluding carboxylic acids is 2. The second-order valence-corrected chi connectivity index (χ2v) is 7.86. The van der Waals surface area contributed by atoms with Crippen LogP contribution in [0.15, 0.2) is 54.6 Å². The first-order valence-electron chi connectivity index (χ1n) is 10.6. The average Bonchev–Trinajstić information content (AvgIpc) is 3.29. The predicted molar refractivity (Wildman–Crippen MR) is 116 cm³/mol. The van der Waals surface area contributed by atoms with Crippen LogP contribution < -0.4 is 20.3 Å². The number of benzene rings is 2. The molecule has 0 bridgehead atoms. The number of quaternary nitrogens is 1. The fraction of sp³-hybridized carbons (Fsp3) is 0.417. The number of hydrogen-bond acceptors (Lipinski definition) is 3. The predicted octanol–water partition coefficient (Wildman–Crippen LogP) is 1.80. The summed E-state index contributed by atoms with van der Waals surface area (Å²) in [7, 11) is 1.66. The van der Waals surface area contributed by atoms with Gasteiger partial charge in [0.1, 0.15) is 11.8 Å². The summed E-state index contributed by atoms with van der Waals surface area (Å²) in [4.78, 5) is 25.9. The number of hydrogen-bond donors (Lipinski definition) is 3. The lowest BCUT2D eigenvalue weighted by molar-refractivity contribution is -0.918. The van der Waals surface area contributed by atoms with E-state index in [0.717, 1.165) is 24.4 Å².